The summed E-state index contributed by atoms with van der Waals surface area (Å²) in [5.74, 6) is 6.54. The lowest BCUT2D eigenvalue weighted by Gasteiger charge is -2.03. The summed E-state index contributed by atoms with van der Waals surface area (Å²) in [6, 6.07) is 0. The molecular weight excluding hydrogens is 140 g/mol. The van der Waals surface area contributed by atoms with Gasteiger partial charge in [0.1, 0.15) is 0 Å². The minimum Gasteiger partial charge on any atom is -0.445 e. The standard InChI is InChI=1S/C9H8O2/c1-4-6-7-9(5-2)11-8(3)10/h1,5,9H,2H2,3H3. The molecule has 0 spiro atoms. The first kappa shape index (κ1) is 9.33. The second-order valence-electron chi connectivity index (χ2n) is 1.68. The second kappa shape index (κ2) is 5.14. The maximum Gasteiger partial charge on any atom is 0.304 e. The molecule has 0 amide bonds. The Balaban J connectivity index is 4.09. The van der Waals surface area contributed by atoms with Crippen LogP contribution in [0.5, 0.6) is 0 Å². The maximum absolute atomic E-state index is 10.4. The number of hydrogen-bond acceptors (Lipinski definition) is 2. The van der Waals surface area contributed by atoms with Crippen LogP contribution >= 0.6 is 0 Å². The number of ether oxygens (including phenoxy) is 1. The number of hydrogen-bond donors (Lipinski definition) is 0. The van der Waals surface area contributed by atoms with Crippen molar-refractivity contribution in [1.29, 1.82) is 0 Å². The van der Waals surface area contributed by atoms with Crippen molar-refractivity contribution in [3.8, 4) is 24.2 Å². The van der Waals surface area contributed by atoms with Crippen LogP contribution in [0.2, 0.25) is 0 Å². The topological polar surface area (TPSA) is 26.3 Å². The van der Waals surface area contributed by atoms with Gasteiger partial charge in [-0.1, -0.05) is 6.58 Å². The van der Waals surface area contributed by atoms with E-state index in [2.05, 4.69) is 29.1 Å². The lowest BCUT2D eigenvalue weighted by Crippen LogP contribution is -2.10. The van der Waals surface area contributed by atoms with Crippen molar-refractivity contribution in [3.63, 3.8) is 0 Å². The zero-order chi connectivity index (χ0) is 8.69. The van der Waals surface area contributed by atoms with E-state index >= 15 is 0 Å². The van der Waals surface area contributed by atoms with Gasteiger partial charge in [-0.05, 0) is 23.8 Å². The smallest absolute Gasteiger partial charge is 0.304 e. The lowest BCUT2D eigenvalue weighted by molar-refractivity contribution is -0.142. The highest BCUT2D eigenvalue weighted by Crippen LogP contribution is 1.90. The van der Waals surface area contributed by atoms with Crippen LogP contribution < -0.4 is 0 Å². The van der Waals surface area contributed by atoms with Gasteiger partial charge >= 0.3 is 5.97 Å². The molecule has 1 unspecified atom stereocenters. The largest absolute Gasteiger partial charge is 0.445 e. The third-order valence-electron chi connectivity index (χ3n) is 0.794. The van der Waals surface area contributed by atoms with Gasteiger partial charge in [-0.2, -0.15) is 0 Å². The molecule has 0 radical (unpaired) electrons. The molecular formula is C9H8O2. The predicted molar refractivity (Wildman–Crippen MR) is 42.4 cm³/mol. The van der Waals surface area contributed by atoms with Gasteiger partial charge in [-0.3, -0.25) is 4.79 Å². The summed E-state index contributed by atoms with van der Waals surface area (Å²) in [5, 5.41) is 0. The van der Waals surface area contributed by atoms with Crippen LogP contribution in [-0.2, 0) is 9.53 Å². The van der Waals surface area contributed by atoms with E-state index in [9.17, 15) is 4.79 Å². The Morgan fingerprint density at radius 1 is 1.82 bits per heavy atom. The molecule has 0 heterocycles. The van der Waals surface area contributed by atoms with Crippen LogP contribution in [-0.4, -0.2) is 12.1 Å². The van der Waals surface area contributed by atoms with E-state index in [1.807, 2.05) is 0 Å². The van der Waals surface area contributed by atoms with Crippen LogP contribution in [0.25, 0.3) is 0 Å². The SMILES string of the molecule is C#CC#CC(C=C)OC(C)=O. The Hall–Kier alpha value is -1.67. The van der Waals surface area contributed by atoms with Crippen LogP contribution in [0, 0.1) is 24.2 Å². The minimum atomic E-state index is -0.594. The molecule has 11 heavy (non-hydrogen) atoms. The van der Waals surface area contributed by atoms with Crippen molar-refractivity contribution in [1.82, 2.24) is 0 Å². The van der Waals surface area contributed by atoms with Crippen molar-refractivity contribution in [2.75, 3.05) is 0 Å². The molecule has 1 atom stereocenters. The summed E-state index contributed by atoms with van der Waals surface area (Å²) in [6.45, 7) is 4.72. The number of carbonyl (C=O) groups excluding carboxylic acids is 1. The summed E-state index contributed by atoms with van der Waals surface area (Å²) >= 11 is 0. The molecule has 0 saturated heterocycles. The van der Waals surface area contributed by atoms with Gasteiger partial charge in [0.15, 0.2) is 6.10 Å². The molecule has 0 bridgehead atoms. The Kier molecular flexibility index (Phi) is 4.36. The highest BCUT2D eigenvalue weighted by atomic mass is 16.5. The average molecular weight is 148 g/mol. The van der Waals surface area contributed by atoms with Crippen molar-refractivity contribution in [3.05, 3.63) is 12.7 Å². The highest BCUT2D eigenvalue weighted by molar-refractivity contribution is 5.66. The Bertz CT molecular complexity index is 247. The zero-order valence-electron chi connectivity index (χ0n) is 6.26. The first-order valence-corrected chi connectivity index (χ1v) is 2.96. The molecule has 0 fully saturated rings. The molecule has 0 N–H and O–H groups in total. The number of esters is 1. The van der Waals surface area contributed by atoms with E-state index in [1.165, 1.54) is 13.0 Å². The Morgan fingerprint density at radius 2 is 2.45 bits per heavy atom. The molecule has 0 aliphatic heterocycles. The van der Waals surface area contributed by atoms with E-state index in [-0.39, 0.29) is 0 Å². The van der Waals surface area contributed by atoms with Crippen LogP contribution in [0.3, 0.4) is 0 Å². The van der Waals surface area contributed by atoms with Gasteiger partial charge < -0.3 is 4.74 Å². The fourth-order valence-corrected chi connectivity index (χ4v) is 0.428. The summed E-state index contributed by atoms with van der Waals surface area (Å²) in [6.07, 6.45) is 5.68. The van der Waals surface area contributed by atoms with Crippen molar-refractivity contribution < 1.29 is 9.53 Å². The fourth-order valence-electron chi connectivity index (χ4n) is 0.428. The summed E-state index contributed by atoms with van der Waals surface area (Å²) in [4.78, 5) is 10.4. The Labute approximate surface area is 66.2 Å². The molecule has 0 aromatic rings. The minimum absolute atomic E-state index is 0.402. The van der Waals surface area contributed by atoms with E-state index < -0.39 is 12.1 Å². The monoisotopic (exact) mass is 148 g/mol. The fraction of sp³-hybridized carbons (Fsp3) is 0.222. The van der Waals surface area contributed by atoms with E-state index in [4.69, 9.17) is 6.42 Å². The van der Waals surface area contributed by atoms with Crippen molar-refractivity contribution in [2.45, 2.75) is 13.0 Å². The van der Waals surface area contributed by atoms with Gasteiger partial charge in [0.05, 0.1) is 0 Å². The van der Waals surface area contributed by atoms with Gasteiger partial charge in [0, 0.05) is 6.92 Å². The third kappa shape index (κ3) is 4.81. The summed E-state index contributed by atoms with van der Waals surface area (Å²) in [7, 11) is 0. The van der Waals surface area contributed by atoms with Gasteiger partial charge in [0.2, 0.25) is 0 Å². The van der Waals surface area contributed by atoms with Crippen LogP contribution in [0.4, 0.5) is 0 Å². The first-order valence-electron chi connectivity index (χ1n) is 2.96. The summed E-state index contributed by atoms with van der Waals surface area (Å²) < 4.78 is 4.68. The molecule has 2 heteroatoms. The van der Waals surface area contributed by atoms with E-state index in [1.54, 1.807) is 0 Å². The quantitative estimate of drug-likeness (QED) is 0.328. The van der Waals surface area contributed by atoms with Gasteiger partial charge in [-0.15, -0.1) is 6.42 Å². The molecule has 0 aliphatic carbocycles. The molecule has 0 aromatic heterocycles. The molecule has 0 saturated carbocycles. The lowest BCUT2D eigenvalue weighted by atomic mass is 10.3. The normalized spacial score (nSPS) is 9.82. The highest BCUT2D eigenvalue weighted by Gasteiger charge is 2.00. The van der Waals surface area contributed by atoms with Crippen LogP contribution in [0.1, 0.15) is 6.92 Å². The summed E-state index contributed by atoms with van der Waals surface area (Å²) in [5.41, 5.74) is 0. The predicted octanol–water partition coefficient (Wildman–Crippen LogP) is 0.741. The van der Waals surface area contributed by atoms with E-state index in [0.717, 1.165) is 0 Å². The molecule has 2 nitrogen and oxygen atoms in total. The molecule has 0 aromatic carbocycles. The van der Waals surface area contributed by atoms with Gasteiger partial charge in [-0.25, -0.2) is 0 Å². The second-order valence-corrected chi connectivity index (χ2v) is 1.68. The van der Waals surface area contributed by atoms with Crippen LogP contribution in [0.15, 0.2) is 12.7 Å². The average Bonchev–Trinajstić information content (AvgIpc) is 1.97. The number of terminal acetylenes is 1. The molecule has 0 aliphatic rings. The zero-order valence-corrected chi connectivity index (χ0v) is 6.26. The Morgan fingerprint density at radius 3 is 2.82 bits per heavy atom. The molecule has 56 valence electrons. The van der Waals surface area contributed by atoms with Crippen molar-refractivity contribution in [2.24, 2.45) is 0 Å². The van der Waals surface area contributed by atoms with Gasteiger partial charge in [0.25, 0.3) is 0 Å². The number of carbonyl (C=O) groups is 1. The number of rotatable bonds is 2. The maximum atomic E-state index is 10.4. The third-order valence-corrected chi connectivity index (χ3v) is 0.794. The molecule has 0 rings (SSSR count). The first-order chi connectivity index (χ1) is 5.20. The van der Waals surface area contributed by atoms with Crippen molar-refractivity contribution >= 4 is 5.97 Å². The van der Waals surface area contributed by atoms with E-state index in [0.29, 0.717) is 0 Å².